The number of nitrogens with two attached hydrogens (primary N) is 1. The van der Waals surface area contributed by atoms with Gasteiger partial charge in [-0.1, -0.05) is 6.08 Å². The third kappa shape index (κ3) is 1.79. The van der Waals surface area contributed by atoms with E-state index in [9.17, 15) is 0 Å². The van der Waals surface area contributed by atoms with Gasteiger partial charge in [-0.15, -0.1) is 0 Å². The molecule has 1 aromatic rings. The van der Waals surface area contributed by atoms with Gasteiger partial charge in [0.25, 0.3) is 0 Å². The third-order valence-electron chi connectivity index (χ3n) is 2.16. The number of aliphatic imine (C=N–C) groups is 1. The Balaban J connectivity index is 2.08. The van der Waals surface area contributed by atoms with Gasteiger partial charge in [0.15, 0.2) is 0 Å². The van der Waals surface area contributed by atoms with Crippen molar-refractivity contribution in [3.8, 4) is 0 Å². The average Bonchev–Trinajstić information content (AvgIpc) is 2.47. The van der Waals surface area contributed by atoms with Crippen LogP contribution in [0.5, 0.6) is 0 Å². The summed E-state index contributed by atoms with van der Waals surface area (Å²) in [5, 5.41) is 0. The van der Waals surface area contributed by atoms with Gasteiger partial charge in [0.1, 0.15) is 11.7 Å². The van der Waals surface area contributed by atoms with Crippen molar-refractivity contribution in [2.24, 2.45) is 10.7 Å². The summed E-state index contributed by atoms with van der Waals surface area (Å²) < 4.78 is 0. The lowest BCUT2D eigenvalue weighted by Gasteiger charge is -2.01. The van der Waals surface area contributed by atoms with Crippen molar-refractivity contribution in [1.82, 2.24) is 9.97 Å². The van der Waals surface area contributed by atoms with Crippen LogP contribution in [0, 0.1) is 0 Å². The first-order valence-electron chi connectivity index (χ1n) is 4.53. The van der Waals surface area contributed by atoms with Crippen molar-refractivity contribution >= 4 is 5.84 Å². The number of hydrogen-bond acceptors (Lipinski definition) is 4. The molecule has 1 unspecified atom stereocenters. The first kappa shape index (κ1) is 8.87. The Kier molecular flexibility index (Phi) is 2.26. The molecule has 72 valence electrons. The van der Waals surface area contributed by atoms with Crippen molar-refractivity contribution in [2.75, 3.05) is 0 Å². The van der Waals surface area contributed by atoms with Gasteiger partial charge < -0.3 is 5.73 Å². The maximum absolute atomic E-state index is 5.66. The van der Waals surface area contributed by atoms with Gasteiger partial charge in [-0.3, -0.25) is 4.99 Å². The molecule has 0 spiro atoms. The van der Waals surface area contributed by atoms with Crippen molar-refractivity contribution < 1.29 is 0 Å². The van der Waals surface area contributed by atoms with Gasteiger partial charge >= 0.3 is 0 Å². The molecule has 1 aliphatic heterocycles. The molecule has 14 heavy (non-hydrogen) atoms. The van der Waals surface area contributed by atoms with E-state index in [1.54, 1.807) is 18.5 Å². The van der Waals surface area contributed by atoms with E-state index in [1.165, 1.54) is 0 Å². The largest absolute Gasteiger partial charge is 0.384 e. The highest BCUT2D eigenvalue weighted by Gasteiger charge is 2.14. The van der Waals surface area contributed by atoms with E-state index in [2.05, 4.69) is 15.0 Å². The first-order valence-corrected chi connectivity index (χ1v) is 4.53. The van der Waals surface area contributed by atoms with Crippen LogP contribution >= 0.6 is 0 Å². The van der Waals surface area contributed by atoms with Crippen LogP contribution in [0.2, 0.25) is 0 Å². The average molecular weight is 188 g/mol. The van der Waals surface area contributed by atoms with Crippen LogP contribution in [0.15, 0.2) is 35.1 Å². The normalized spacial score (nSPS) is 20.5. The van der Waals surface area contributed by atoms with Crippen molar-refractivity contribution in [1.29, 1.82) is 0 Å². The molecule has 4 heteroatoms. The van der Waals surface area contributed by atoms with E-state index in [1.807, 2.05) is 13.0 Å². The van der Waals surface area contributed by atoms with E-state index in [4.69, 9.17) is 5.73 Å². The highest BCUT2D eigenvalue weighted by atomic mass is 14.9. The maximum atomic E-state index is 5.66. The summed E-state index contributed by atoms with van der Waals surface area (Å²) in [5.41, 5.74) is 6.71. The lowest BCUT2D eigenvalue weighted by Crippen LogP contribution is -2.11. The second kappa shape index (κ2) is 3.57. The summed E-state index contributed by atoms with van der Waals surface area (Å²) >= 11 is 0. The molecule has 1 atom stereocenters. The first-order chi connectivity index (χ1) is 6.75. The standard InChI is InChI=1S/C10H12N4/c1-7-5-8(14-10(7)11)6-9-12-3-2-4-13-9/h2-5,8H,6H2,1H3,(H2,11,14). The maximum Gasteiger partial charge on any atom is 0.130 e. The molecule has 1 aromatic heterocycles. The summed E-state index contributed by atoms with van der Waals surface area (Å²) in [5.74, 6) is 1.44. The van der Waals surface area contributed by atoms with Crippen LogP contribution in [0.3, 0.4) is 0 Å². The Hall–Kier alpha value is -1.71. The van der Waals surface area contributed by atoms with E-state index >= 15 is 0 Å². The second-order valence-electron chi connectivity index (χ2n) is 3.30. The Labute approximate surface area is 82.6 Å². The lowest BCUT2D eigenvalue weighted by atomic mass is 10.2. The molecule has 2 heterocycles. The van der Waals surface area contributed by atoms with Gasteiger partial charge in [0.05, 0.1) is 6.04 Å². The van der Waals surface area contributed by atoms with Gasteiger partial charge in [0.2, 0.25) is 0 Å². The summed E-state index contributed by atoms with van der Waals surface area (Å²) in [4.78, 5) is 12.6. The van der Waals surface area contributed by atoms with Gasteiger partial charge in [-0.05, 0) is 18.6 Å². The molecule has 2 N–H and O–H groups in total. The van der Waals surface area contributed by atoms with Crippen molar-refractivity contribution in [2.45, 2.75) is 19.4 Å². The molecule has 2 rings (SSSR count). The Morgan fingerprint density at radius 3 is 2.64 bits per heavy atom. The molecule has 0 amide bonds. The van der Waals surface area contributed by atoms with E-state index in [0.717, 1.165) is 17.8 Å². The number of aromatic nitrogens is 2. The van der Waals surface area contributed by atoms with Crippen LogP contribution in [0.1, 0.15) is 12.7 Å². The molecule has 0 radical (unpaired) electrons. The van der Waals surface area contributed by atoms with Crippen LogP contribution in [-0.2, 0) is 6.42 Å². The summed E-state index contributed by atoms with van der Waals surface area (Å²) in [6.07, 6.45) is 6.24. The molecule has 0 saturated heterocycles. The summed E-state index contributed by atoms with van der Waals surface area (Å²) in [7, 11) is 0. The number of hydrogen-bond donors (Lipinski definition) is 1. The number of nitrogens with zero attached hydrogens (tertiary/aromatic N) is 3. The van der Waals surface area contributed by atoms with Gasteiger partial charge in [0, 0.05) is 18.8 Å². The minimum Gasteiger partial charge on any atom is -0.384 e. The quantitative estimate of drug-likeness (QED) is 0.743. The minimum atomic E-state index is 0.109. The molecule has 0 fully saturated rings. The van der Waals surface area contributed by atoms with Crippen LogP contribution in [0.25, 0.3) is 0 Å². The molecule has 0 aromatic carbocycles. The van der Waals surface area contributed by atoms with Crippen molar-refractivity contribution in [3.05, 3.63) is 35.9 Å². The predicted molar refractivity (Wildman–Crippen MR) is 54.9 cm³/mol. The zero-order valence-corrected chi connectivity index (χ0v) is 8.01. The molecule has 0 saturated carbocycles. The van der Waals surface area contributed by atoms with Gasteiger partial charge in [-0.25, -0.2) is 9.97 Å². The Morgan fingerprint density at radius 1 is 1.36 bits per heavy atom. The smallest absolute Gasteiger partial charge is 0.130 e. The number of amidine groups is 1. The number of rotatable bonds is 2. The fourth-order valence-corrected chi connectivity index (χ4v) is 1.42. The summed E-state index contributed by atoms with van der Waals surface area (Å²) in [6, 6.07) is 1.91. The monoisotopic (exact) mass is 188 g/mol. The minimum absolute atomic E-state index is 0.109. The van der Waals surface area contributed by atoms with Crippen LogP contribution < -0.4 is 5.73 Å². The van der Waals surface area contributed by atoms with Crippen LogP contribution in [-0.4, -0.2) is 21.8 Å². The fourth-order valence-electron chi connectivity index (χ4n) is 1.42. The SMILES string of the molecule is CC1=CC(Cc2ncccn2)N=C1N. The topological polar surface area (TPSA) is 64.2 Å². The predicted octanol–water partition coefficient (Wildman–Crippen LogP) is 0.705. The second-order valence-corrected chi connectivity index (χ2v) is 3.30. The highest BCUT2D eigenvalue weighted by molar-refractivity contribution is 5.98. The Morgan fingerprint density at radius 2 is 2.07 bits per heavy atom. The van der Waals surface area contributed by atoms with E-state index in [0.29, 0.717) is 5.84 Å². The molecular weight excluding hydrogens is 176 g/mol. The van der Waals surface area contributed by atoms with E-state index in [-0.39, 0.29) is 6.04 Å². The zero-order valence-electron chi connectivity index (χ0n) is 8.01. The zero-order chi connectivity index (χ0) is 9.97. The molecule has 4 nitrogen and oxygen atoms in total. The molecule has 0 aliphatic carbocycles. The molecular formula is C10H12N4. The fraction of sp³-hybridized carbons (Fsp3) is 0.300. The highest BCUT2D eigenvalue weighted by Crippen LogP contribution is 2.12. The third-order valence-corrected chi connectivity index (χ3v) is 2.16. The van der Waals surface area contributed by atoms with Gasteiger partial charge in [-0.2, -0.15) is 0 Å². The van der Waals surface area contributed by atoms with E-state index < -0.39 is 0 Å². The van der Waals surface area contributed by atoms with Crippen molar-refractivity contribution in [3.63, 3.8) is 0 Å². The molecule has 0 bridgehead atoms. The summed E-state index contributed by atoms with van der Waals surface area (Å²) in [6.45, 7) is 1.96. The van der Waals surface area contributed by atoms with Crippen LogP contribution in [0.4, 0.5) is 0 Å². The lowest BCUT2D eigenvalue weighted by molar-refractivity contribution is 0.769. The molecule has 1 aliphatic rings. The Bertz CT molecular complexity index is 362.